The minimum Gasteiger partial charge on any atom is -0.342 e. The Hall–Kier alpha value is -3.26. The maximum atomic E-state index is 13.5. The Kier molecular flexibility index (Phi) is 8.13. The third-order valence-corrected chi connectivity index (χ3v) is 6.91. The molecule has 8 heteroatoms. The summed E-state index contributed by atoms with van der Waals surface area (Å²) < 4.78 is 13.2. The molecule has 186 valence electrons. The van der Waals surface area contributed by atoms with Crippen molar-refractivity contribution in [3.05, 3.63) is 65.5 Å². The fourth-order valence-corrected chi connectivity index (χ4v) is 5.08. The van der Waals surface area contributed by atoms with Gasteiger partial charge >= 0.3 is 6.03 Å². The van der Waals surface area contributed by atoms with Gasteiger partial charge in [0.2, 0.25) is 5.91 Å². The first kappa shape index (κ1) is 24.9. The Balaban J connectivity index is 1.36. The lowest BCUT2D eigenvalue weighted by Gasteiger charge is -2.39. The zero-order chi connectivity index (χ0) is 24.8. The van der Waals surface area contributed by atoms with Crippen LogP contribution in [0.5, 0.6) is 0 Å². The number of benzene rings is 2. The Morgan fingerprint density at radius 2 is 1.91 bits per heavy atom. The molecule has 2 aromatic rings. The highest BCUT2D eigenvalue weighted by Crippen LogP contribution is 2.25. The number of rotatable bonds is 6. The molecule has 2 aliphatic rings. The molecule has 2 fully saturated rings. The molecule has 0 aromatic heterocycles. The quantitative estimate of drug-likeness (QED) is 0.551. The van der Waals surface area contributed by atoms with Gasteiger partial charge in [-0.25, -0.2) is 9.18 Å². The molecule has 0 aliphatic carbocycles. The molecule has 4 rings (SSSR count). The maximum absolute atomic E-state index is 13.5. The molecular weight excluding hydrogens is 447 g/mol. The van der Waals surface area contributed by atoms with Gasteiger partial charge in [0, 0.05) is 30.9 Å². The average Bonchev–Trinajstić information content (AvgIpc) is 2.85. The second-order valence-electron chi connectivity index (χ2n) is 9.56. The van der Waals surface area contributed by atoms with Gasteiger partial charge in [-0.05, 0) is 74.9 Å². The summed E-state index contributed by atoms with van der Waals surface area (Å²) in [5.74, 6) is -0.192. The minimum atomic E-state index is -0.398. The molecule has 0 radical (unpaired) electrons. The molecule has 0 unspecified atom stereocenters. The normalized spacial score (nSPS) is 22.3. The number of nitrogens with one attached hydrogen (secondary N) is 3. The summed E-state index contributed by atoms with van der Waals surface area (Å²) >= 11 is 0. The first-order chi connectivity index (χ1) is 16.9. The second kappa shape index (κ2) is 11.4. The van der Waals surface area contributed by atoms with Crippen LogP contribution in [0.15, 0.2) is 48.5 Å². The van der Waals surface area contributed by atoms with E-state index in [0.29, 0.717) is 36.7 Å². The van der Waals surface area contributed by atoms with E-state index in [1.807, 2.05) is 17.0 Å². The number of Topliss-reactive ketones (excluding diaryl/α,β-unsaturated/α-hetero) is 1. The molecule has 35 heavy (non-hydrogen) atoms. The van der Waals surface area contributed by atoms with Gasteiger partial charge in [0.15, 0.2) is 5.78 Å². The highest BCUT2D eigenvalue weighted by molar-refractivity contribution is 5.97. The summed E-state index contributed by atoms with van der Waals surface area (Å²) in [6.07, 6.45) is 3.45. The van der Waals surface area contributed by atoms with Gasteiger partial charge in [0.05, 0.1) is 12.0 Å². The van der Waals surface area contributed by atoms with Crippen LogP contribution in [0.4, 0.5) is 14.9 Å². The average molecular weight is 481 g/mol. The molecule has 0 saturated carbocycles. The van der Waals surface area contributed by atoms with Crippen molar-refractivity contribution in [3.8, 4) is 0 Å². The Bertz CT molecular complexity index is 1060. The summed E-state index contributed by atoms with van der Waals surface area (Å²) in [5, 5.41) is 9.02. The van der Waals surface area contributed by atoms with Crippen LogP contribution in [-0.4, -0.2) is 54.8 Å². The van der Waals surface area contributed by atoms with E-state index in [1.54, 1.807) is 24.3 Å². The Labute approximate surface area is 205 Å². The van der Waals surface area contributed by atoms with Crippen molar-refractivity contribution in [3.63, 3.8) is 0 Å². The van der Waals surface area contributed by atoms with E-state index in [-0.39, 0.29) is 29.5 Å². The van der Waals surface area contributed by atoms with Crippen molar-refractivity contribution in [2.75, 3.05) is 31.5 Å². The number of hydrogen-bond donors (Lipinski definition) is 3. The highest BCUT2D eigenvalue weighted by Gasteiger charge is 2.36. The number of nitrogens with zero attached hydrogens (tertiary/aromatic N) is 1. The molecule has 2 aliphatic heterocycles. The largest absolute Gasteiger partial charge is 0.342 e. The number of piperidine rings is 2. The molecule has 2 heterocycles. The SMILES string of the molecule is CC(=O)c1cccc(NC(=O)N[C@H]2CNCC[C@H]2C(=O)N2CCC[C@@H](Cc3ccc(F)cc3)C2)c1. The zero-order valence-electron chi connectivity index (χ0n) is 20.1. The number of amides is 3. The van der Waals surface area contributed by atoms with Crippen molar-refractivity contribution in [1.82, 2.24) is 15.5 Å². The molecular formula is C27H33FN4O3. The zero-order valence-corrected chi connectivity index (χ0v) is 20.1. The van der Waals surface area contributed by atoms with Gasteiger partial charge < -0.3 is 20.9 Å². The molecule has 3 atom stereocenters. The summed E-state index contributed by atoms with van der Waals surface area (Å²) in [6, 6.07) is 12.6. The number of carbonyl (C=O) groups is 3. The first-order valence-electron chi connectivity index (χ1n) is 12.3. The van der Waals surface area contributed by atoms with E-state index in [9.17, 15) is 18.8 Å². The van der Waals surface area contributed by atoms with E-state index in [4.69, 9.17) is 0 Å². The molecule has 0 bridgehead atoms. The number of anilines is 1. The van der Waals surface area contributed by atoms with Crippen LogP contribution in [0, 0.1) is 17.7 Å². The van der Waals surface area contributed by atoms with Crippen LogP contribution in [0.25, 0.3) is 0 Å². The van der Waals surface area contributed by atoms with Crippen LogP contribution >= 0.6 is 0 Å². The van der Waals surface area contributed by atoms with E-state index in [2.05, 4.69) is 16.0 Å². The van der Waals surface area contributed by atoms with Crippen LogP contribution in [0.3, 0.4) is 0 Å². The standard InChI is InChI=1S/C27H33FN4O3/c1-18(33)21-5-2-6-23(15-21)30-27(35)31-25-16-29-12-11-24(25)26(34)32-13-3-4-20(17-32)14-19-7-9-22(28)10-8-19/h2,5-10,15,20,24-25,29H,3-4,11-14,16-17H2,1H3,(H2,30,31,35)/t20-,24+,25-/m0/s1. The lowest BCUT2D eigenvalue weighted by atomic mass is 9.87. The van der Waals surface area contributed by atoms with Gasteiger partial charge in [-0.2, -0.15) is 0 Å². The number of hydrogen-bond acceptors (Lipinski definition) is 4. The number of ketones is 1. The van der Waals surface area contributed by atoms with Crippen LogP contribution in [-0.2, 0) is 11.2 Å². The van der Waals surface area contributed by atoms with Crippen LogP contribution in [0.1, 0.15) is 42.1 Å². The fraction of sp³-hybridized carbons (Fsp3) is 0.444. The predicted molar refractivity (Wildman–Crippen MR) is 133 cm³/mol. The molecule has 3 N–H and O–H groups in total. The Morgan fingerprint density at radius 3 is 2.69 bits per heavy atom. The van der Waals surface area contributed by atoms with Crippen LogP contribution in [0.2, 0.25) is 0 Å². The molecule has 3 amide bonds. The molecule has 0 spiro atoms. The second-order valence-corrected chi connectivity index (χ2v) is 9.56. The van der Waals surface area contributed by atoms with E-state index in [1.165, 1.54) is 19.1 Å². The summed E-state index contributed by atoms with van der Waals surface area (Å²) in [5.41, 5.74) is 2.13. The van der Waals surface area contributed by atoms with Crippen LogP contribution < -0.4 is 16.0 Å². The smallest absolute Gasteiger partial charge is 0.319 e. The monoisotopic (exact) mass is 480 g/mol. The highest BCUT2D eigenvalue weighted by atomic mass is 19.1. The van der Waals surface area contributed by atoms with Gasteiger partial charge in [-0.1, -0.05) is 24.3 Å². The summed E-state index contributed by atoms with van der Waals surface area (Å²) in [7, 11) is 0. The lowest BCUT2D eigenvalue weighted by molar-refractivity contribution is -0.139. The third kappa shape index (κ3) is 6.66. The fourth-order valence-electron chi connectivity index (χ4n) is 5.08. The van der Waals surface area contributed by atoms with Gasteiger partial charge in [0.1, 0.15) is 5.82 Å². The number of urea groups is 1. The van der Waals surface area contributed by atoms with E-state index >= 15 is 0 Å². The van der Waals surface area contributed by atoms with Gasteiger partial charge in [0.25, 0.3) is 0 Å². The van der Waals surface area contributed by atoms with Crippen molar-refractivity contribution >= 4 is 23.4 Å². The minimum absolute atomic E-state index is 0.0736. The molecule has 2 saturated heterocycles. The first-order valence-corrected chi connectivity index (χ1v) is 12.3. The number of halogens is 1. The van der Waals surface area contributed by atoms with Gasteiger partial charge in [-0.15, -0.1) is 0 Å². The topological polar surface area (TPSA) is 90.5 Å². The Morgan fingerprint density at radius 1 is 1.11 bits per heavy atom. The maximum Gasteiger partial charge on any atom is 0.319 e. The third-order valence-electron chi connectivity index (χ3n) is 6.91. The van der Waals surface area contributed by atoms with E-state index in [0.717, 1.165) is 37.9 Å². The summed E-state index contributed by atoms with van der Waals surface area (Å²) in [6.45, 7) is 4.12. The molecule has 2 aromatic carbocycles. The molecule has 7 nitrogen and oxygen atoms in total. The summed E-state index contributed by atoms with van der Waals surface area (Å²) in [4.78, 5) is 39.8. The van der Waals surface area contributed by atoms with Crippen molar-refractivity contribution < 1.29 is 18.8 Å². The van der Waals surface area contributed by atoms with Gasteiger partial charge in [-0.3, -0.25) is 9.59 Å². The number of carbonyl (C=O) groups excluding carboxylic acids is 3. The lowest BCUT2D eigenvalue weighted by Crippen LogP contribution is -2.57. The predicted octanol–water partition coefficient (Wildman–Crippen LogP) is 3.61. The van der Waals surface area contributed by atoms with Crippen molar-refractivity contribution in [2.24, 2.45) is 11.8 Å². The van der Waals surface area contributed by atoms with Crippen molar-refractivity contribution in [1.29, 1.82) is 0 Å². The number of likely N-dealkylation sites (tertiary alicyclic amines) is 1. The van der Waals surface area contributed by atoms with Crippen molar-refractivity contribution in [2.45, 2.75) is 38.6 Å². The van der Waals surface area contributed by atoms with E-state index < -0.39 is 6.03 Å².